The summed E-state index contributed by atoms with van der Waals surface area (Å²) in [4.78, 5) is 34.8. The zero-order valence-corrected chi connectivity index (χ0v) is 13.4. The molecule has 0 bridgehead atoms. The maximum Gasteiger partial charge on any atom is 0.326 e. The number of carboxylic acid groups (broad SMARTS) is 1. The van der Waals surface area contributed by atoms with Crippen LogP contribution in [0.1, 0.15) is 23.2 Å². The number of nitrogens with zero attached hydrogens (tertiary/aromatic N) is 2. The van der Waals surface area contributed by atoms with Crippen molar-refractivity contribution >= 4 is 23.5 Å². The van der Waals surface area contributed by atoms with Gasteiger partial charge in [-0.25, -0.2) is 4.79 Å². The quantitative estimate of drug-likeness (QED) is 0.581. The fourth-order valence-electron chi connectivity index (χ4n) is 1.82. The van der Waals surface area contributed by atoms with Crippen molar-refractivity contribution in [3.05, 3.63) is 29.8 Å². The van der Waals surface area contributed by atoms with Crippen molar-refractivity contribution in [3.8, 4) is 12.1 Å². The Kier molecular flexibility index (Phi) is 7.41. The highest BCUT2D eigenvalue weighted by atomic mass is 16.5. The van der Waals surface area contributed by atoms with E-state index in [9.17, 15) is 14.4 Å². The van der Waals surface area contributed by atoms with E-state index in [-0.39, 0.29) is 18.4 Å². The third-order valence-electron chi connectivity index (χ3n) is 3.16. The van der Waals surface area contributed by atoms with Gasteiger partial charge in [0.15, 0.2) is 0 Å². The maximum atomic E-state index is 12.1. The molecule has 9 heteroatoms. The van der Waals surface area contributed by atoms with Crippen molar-refractivity contribution in [3.63, 3.8) is 0 Å². The standard InChI is InChI=1S/C16H16N4O5/c1-19-11-4-2-10(3-5-11)15(22)20-13(16(23)24)6-7-14(21)25-12(8-17)9-18/h2-5,12-13,19H,6-7H2,1H3,(H,20,22)(H,23,24)/t13-/m0/s1. The second-order valence-corrected chi connectivity index (χ2v) is 4.86. The SMILES string of the molecule is CNc1ccc(C(=O)N[C@@H](CCC(=O)OC(C#N)C#N)C(=O)O)cc1. The van der Waals surface area contributed by atoms with Gasteiger partial charge in [0.1, 0.15) is 18.2 Å². The van der Waals surface area contributed by atoms with E-state index in [4.69, 9.17) is 15.6 Å². The highest BCUT2D eigenvalue weighted by molar-refractivity contribution is 5.96. The molecule has 0 fully saturated rings. The van der Waals surface area contributed by atoms with Crippen LogP contribution >= 0.6 is 0 Å². The van der Waals surface area contributed by atoms with Crippen LogP contribution in [0.3, 0.4) is 0 Å². The summed E-state index contributed by atoms with van der Waals surface area (Å²) in [6.45, 7) is 0. The molecular weight excluding hydrogens is 328 g/mol. The average molecular weight is 344 g/mol. The van der Waals surface area contributed by atoms with Crippen molar-refractivity contribution < 1.29 is 24.2 Å². The summed E-state index contributed by atoms with van der Waals surface area (Å²) in [5.74, 6) is -2.81. The molecule has 0 aliphatic rings. The number of nitriles is 2. The molecule has 0 radical (unpaired) electrons. The topological polar surface area (TPSA) is 152 Å². The first kappa shape index (κ1) is 19.5. The van der Waals surface area contributed by atoms with Crippen LogP contribution in [-0.2, 0) is 14.3 Å². The molecule has 25 heavy (non-hydrogen) atoms. The van der Waals surface area contributed by atoms with Gasteiger partial charge in [-0.1, -0.05) is 0 Å². The Morgan fingerprint density at radius 3 is 2.28 bits per heavy atom. The normalized spacial score (nSPS) is 10.9. The second-order valence-electron chi connectivity index (χ2n) is 4.86. The van der Waals surface area contributed by atoms with Crippen molar-refractivity contribution in [2.45, 2.75) is 25.0 Å². The average Bonchev–Trinajstić information content (AvgIpc) is 2.62. The van der Waals surface area contributed by atoms with Gasteiger partial charge in [-0.2, -0.15) is 10.5 Å². The number of hydrogen-bond donors (Lipinski definition) is 3. The maximum absolute atomic E-state index is 12.1. The molecule has 0 aliphatic heterocycles. The molecular formula is C16H16N4O5. The second kappa shape index (κ2) is 9.53. The molecule has 1 aromatic carbocycles. The number of anilines is 1. The van der Waals surface area contributed by atoms with Crippen molar-refractivity contribution in [1.29, 1.82) is 10.5 Å². The van der Waals surface area contributed by atoms with E-state index < -0.39 is 30.0 Å². The first-order valence-corrected chi connectivity index (χ1v) is 7.21. The monoisotopic (exact) mass is 344 g/mol. The Hall–Kier alpha value is -3.59. The van der Waals surface area contributed by atoms with Gasteiger partial charge in [-0.15, -0.1) is 0 Å². The Morgan fingerprint density at radius 1 is 1.20 bits per heavy atom. The number of carbonyl (C=O) groups excluding carboxylic acids is 2. The van der Waals surface area contributed by atoms with Gasteiger partial charge in [0.25, 0.3) is 12.0 Å². The summed E-state index contributed by atoms with van der Waals surface area (Å²) in [5, 5.41) is 31.4. The lowest BCUT2D eigenvalue weighted by Gasteiger charge is -2.14. The number of aliphatic carboxylic acids is 1. The van der Waals surface area contributed by atoms with Gasteiger partial charge < -0.3 is 20.5 Å². The number of hydrogen-bond acceptors (Lipinski definition) is 7. The molecule has 0 saturated heterocycles. The minimum atomic E-state index is -1.55. The van der Waals surface area contributed by atoms with E-state index in [1.54, 1.807) is 19.2 Å². The third-order valence-corrected chi connectivity index (χ3v) is 3.16. The van der Waals surface area contributed by atoms with Gasteiger partial charge in [0.05, 0.1) is 0 Å². The van der Waals surface area contributed by atoms with Gasteiger partial charge in [-0.05, 0) is 30.7 Å². The largest absolute Gasteiger partial charge is 0.480 e. The van der Waals surface area contributed by atoms with Crippen LogP contribution < -0.4 is 10.6 Å². The summed E-state index contributed by atoms with van der Waals surface area (Å²) in [6.07, 6.45) is -2.15. The summed E-state index contributed by atoms with van der Waals surface area (Å²) < 4.78 is 4.52. The van der Waals surface area contributed by atoms with Crippen LogP contribution in [0.25, 0.3) is 0 Å². The zero-order chi connectivity index (χ0) is 18.8. The van der Waals surface area contributed by atoms with E-state index in [0.717, 1.165) is 5.69 Å². The molecule has 1 amide bonds. The minimum absolute atomic E-state index is 0.238. The Morgan fingerprint density at radius 2 is 1.80 bits per heavy atom. The highest BCUT2D eigenvalue weighted by Crippen LogP contribution is 2.09. The number of ether oxygens (including phenoxy) is 1. The predicted molar refractivity (Wildman–Crippen MR) is 85.2 cm³/mol. The molecule has 3 N–H and O–H groups in total. The highest BCUT2D eigenvalue weighted by Gasteiger charge is 2.23. The number of esters is 1. The Balaban J connectivity index is 2.63. The molecule has 1 aromatic rings. The summed E-state index contributed by atoms with van der Waals surface area (Å²) >= 11 is 0. The molecule has 0 heterocycles. The van der Waals surface area contributed by atoms with Crippen LogP contribution in [0.15, 0.2) is 24.3 Å². The van der Waals surface area contributed by atoms with Gasteiger partial charge in [-0.3, -0.25) is 9.59 Å². The molecule has 9 nitrogen and oxygen atoms in total. The summed E-state index contributed by atoms with van der Waals surface area (Å²) in [6, 6.07) is 7.98. The smallest absolute Gasteiger partial charge is 0.326 e. The van der Waals surface area contributed by atoms with Gasteiger partial charge in [0, 0.05) is 24.7 Å². The van der Waals surface area contributed by atoms with Crippen LogP contribution in [0.5, 0.6) is 0 Å². The molecule has 0 aromatic heterocycles. The van der Waals surface area contributed by atoms with Crippen molar-refractivity contribution in [1.82, 2.24) is 5.32 Å². The molecule has 1 atom stereocenters. The molecule has 0 spiro atoms. The van der Waals surface area contributed by atoms with Crippen LogP contribution in [-0.4, -0.2) is 42.1 Å². The number of rotatable bonds is 8. The van der Waals surface area contributed by atoms with Gasteiger partial charge in [0.2, 0.25) is 0 Å². The Bertz CT molecular complexity index is 704. The van der Waals surface area contributed by atoms with Crippen molar-refractivity contribution in [2.75, 3.05) is 12.4 Å². The van der Waals surface area contributed by atoms with E-state index >= 15 is 0 Å². The number of amides is 1. The van der Waals surface area contributed by atoms with Crippen molar-refractivity contribution in [2.24, 2.45) is 0 Å². The minimum Gasteiger partial charge on any atom is -0.480 e. The predicted octanol–water partition coefficient (Wildman–Crippen LogP) is 0.650. The lowest BCUT2D eigenvalue weighted by molar-refractivity contribution is -0.145. The van der Waals surface area contributed by atoms with E-state index in [0.29, 0.717) is 0 Å². The number of carbonyl (C=O) groups is 3. The van der Waals surface area contributed by atoms with Crippen LogP contribution in [0.2, 0.25) is 0 Å². The fourth-order valence-corrected chi connectivity index (χ4v) is 1.82. The first-order valence-electron chi connectivity index (χ1n) is 7.21. The van der Waals surface area contributed by atoms with Crippen LogP contribution in [0, 0.1) is 22.7 Å². The molecule has 0 saturated carbocycles. The van der Waals surface area contributed by atoms with E-state index in [2.05, 4.69) is 15.4 Å². The Labute approximate surface area is 143 Å². The summed E-state index contributed by atoms with van der Waals surface area (Å²) in [7, 11) is 1.72. The molecule has 130 valence electrons. The molecule has 0 unspecified atom stereocenters. The third kappa shape index (κ3) is 6.20. The zero-order valence-electron chi connectivity index (χ0n) is 13.4. The fraction of sp³-hybridized carbons (Fsp3) is 0.312. The van der Waals surface area contributed by atoms with Gasteiger partial charge >= 0.3 is 11.9 Å². The summed E-state index contributed by atoms with van der Waals surface area (Å²) in [5.41, 5.74) is 1.06. The lowest BCUT2D eigenvalue weighted by atomic mass is 10.1. The number of carboxylic acids is 1. The lowest BCUT2D eigenvalue weighted by Crippen LogP contribution is -2.41. The first-order chi connectivity index (χ1) is 11.9. The number of benzene rings is 1. The van der Waals surface area contributed by atoms with Crippen LogP contribution in [0.4, 0.5) is 5.69 Å². The number of nitrogens with one attached hydrogen (secondary N) is 2. The van der Waals surface area contributed by atoms with E-state index in [1.807, 2.05) is 0 Å². The molecule has 0 aliphatic carbocycles. The molecule has 1 rings (SSSR count). The van der Waals surface area contributed by atoms with E-state index in [1.165, 1.54) is 24.3 Å².